The maximum Gasteiger partial charge on any atom is 0.490 e. The van der Waals surface area contributed by atoms with Crippen molar-refractivity contribution in [2.24, 2.45) is 0 Å². The van der Waals surface area contributed by atoms with Gasteiger partial charge in [0.1, 0.15) is 0 Å². The predicted molar refractivity (Wildman–Crippen MR) is 123 cm³/mol. The summed E-state index contributed by atoms with van der Waals surface area (Å²) in [5, 5.41) is 0. The summed E-state index contributed by atoms with van der Waals surface area (Å²) in [5.41, 5.74) is 0. The Hall–Kier alpha value is -1.57. The monoisotopic (exact) mass is 480 g/mol. The van der Waals surface area contributed by atoms with E-state index in [1.807, 2.05) is 0 Å². The molecule has 0 aliphatic rings. The van der Waals surface area contributed by atoms with Gasteiger partial charge in [-0.15, -0.1) is 0 Å². The van der Waals surface area contributed by atoms with Crippen LogP contribution in [-0.4, -0.2) is 44.5 Å². The number of hydrogen-bond donors (Lipinski definition) is 0. The van der Waals surface area contributed by atoms with Gasteiger partial charge in [-0.3, -0.25) is 4.79 Å². The number of alkyl halides is 3. The van der Waals surface area contributed by atoms with Crippen LogP contribution in [-0.2, 0) is 23.8 Å². The minimum Gasteiger partial charge on any atom is -0.466 e. The second-order valence-electron chi connectivity index (χ2n) is 8.15. The molecular weight excluding hydrogens is 437 g/mol. The first-order chi connectivity index (χ1) is 15.9. The van der Waals surface area contributed by atoms with Crippen LogP contribution in [0.3, 0.4) is 0 Å². The van der Waals surface area contributed by atoms with Gasteiger partial charge in [-0.2, -0.15) is 13.2 Å². The van der Waals surface area contributed by atoms with E-state index in [1.165, 1.54) is 51.4 Å². The highest BCUT2D eigenvalue weighted by Crippen LogP contribution is 2.16. The van der Waals surface area contributed by atoms with E-state index in [4.69, 9.17) is 9.47 Å². The van der Waals surface area contributed by atoms with Crippen molar-refractivity contribution in [3.8, 4) is 0 Å². The summed E-state index contributed by atoms with van der Waals surface area (Å²) >= 11 is 0. The fraction of sp³-hybridized carbons (Fsp3) is 0.840. The zero-order chi connectivity index (χ0) is 24.6. The lowest BCUT2D eigenvalue weighted by molar-refractivity contribution is -0.199. The van der Waals surface area contributed by atoms with Gasteiger partial charge in [-0.1, -0.05) is 64.0 Å². The molecule has 8 heteroatoms. The number of rotatable bonds is 22. The Morgan fingerprint density at radius 1 is 0.667 bits per heavy atom. The number of carbonyl (C=O) groups is 2. The van der Waals surface area contributed by atoms with Crippen LogP contribution in [0.5, 0.6) is 0 Å². The lowest BCUT2D eigenvalue weighted by Gasteiger charge is -2.07. The summed E-state index contributed by atoms with van der Waals surface area (Å²) in [6.07, 6.45) is 14.2. The first-order valence-corrected chi connectivity index (χ1v) is 12.5. The van der Waals surface area contributed by atoms with Gasteiger partial charge in [0, 0.05) is 19.6 Å². The zero-order valence-corrected chi connectivity index (χ0v) is 20.3. The molecule has 0 saturated heterocycles. The number of unbranched alkanes of at least 4 members (excludes halogenated alkanes) is 10. The first kappa shape index (κ1) is 31.4. The Labute approximate surface area is 197 Å². The summed E-state index contributed by atoms with van der Waals surface area (Å²) in [6, 6.07) is 0. The smallest absolute Gasteiger partial charge is 0.466 e. The normalized spacial score (nSPS) is 11.8. The molecular formula is C25H43F3O5. The van der Waals surface area contributed by atoms with E-state index >= 15 is 0 Å². The van der Waals surface area contributed by atoms with Gasteiger partial charge in [0.2, 0.25) is 0 Å². The molecule has 0 amide bonds. The minimum absolute atomic E-state index is 0.193. The number of halogens is 3. The fourth-order valence-corrected chi connectivity index (χ4v) is 3.05. The van der Waals surface area contributed by atoms with E-state index in [2.05, 4.69) is 23.8 Å². The molecule has 194 valence electrons. The molecule has 0 radical (unpaired) electrons. The number of allylic oxidation sites excluding steroid dienone is 2. The van der Waals surface area contributed by atoms with Crippen LogP contribution in [0.2, 0.25) is 0 Å². The van der Waals surface area contributed by atoms with Gasteiger partial charge in [0.15, 0.2) is 0 Å². The predicted octanol–water partition coefficient (Wildman–Crippen LogP) is 7.08. The largest absolute Gasteiger partial charge is 0.490 e. The summed E-state index contributed by atoms with van der Waals surface area (Å²) in [4.78, 5) is 22.2. The molecule has 0 aliphatic heterocycles. The van der Waals surface area contributed by atoms with E-state index in [9.17, 15) is 22.8 Å². The summed E-state index contributed by atoms with van der Waals surface area (Å²) in [5.74, 6) is -2.35. The fourth-order valence-electron chi connectivity index (χ4n) is 3.05. The summed E-state index contributed by atoms with van der Waals surface area (Å²) in [7, 11) is 0. The van der Waals surface area contributed by atoms with Gasteiger partial charge >= 0.3 is 18.1 Å². The molecule has 0 aliphatic carbocycles. The standard InChI is InChI=1S/C25H43F3O5/c1-2-3-4-5-6-7-8-9-10-11-12-13-18-23(29)32-21-16-14-19-31-20-15-17-22-33-24(30)25(26,27)28/h11-12H,2-10,13-22H2,1H3/b12-11+. The van der Waals surface area contributed by atoms with E-state index in [0.717, 1.165) is 12.8 Å². The molecule has 0 rings (SSSR count). The quantitative estimate of drug-likeness (QED) is 0.0941. The van der Waals surface area contributed by atoms with Crippen molar-refractivity contribution in [3.63, 3.8) is 0 Å². The molecule has 0 unspecified atom stereocenters. The van der Waals surface area contributed by atoms with E-state index in [-0.39, 0.29) is 12.6 Å². The van der Waals surface area contributed by atoms with E-state index in [1.54, 1.807) is 0 Å². The van der Waals surface area contributed by atoms with Crippen molar-refractivity contribution in [1.29, 1.82) is 0 Å². The van der Waals surface area contributed by atoms with Crippen molar-refractivity contribution in [2.45, 2.75) is 109 Å². The Bertz CT molecular complexity index is 507. The van der Waals surface area contributed by atoms with Crippen molar-refractivity contribution in [1.82, 2.24) is 0 Å². The third-order valence-corrected chi connectivity index (χ3v) is 5.00. The molecule has 0 heterocycles. The topological polar surface area (TPSA) is 61.8 Å². The molecule has 0 spiro atoms. The van der Waals surface area contributed by atoms with Crippen molar-refractivity contribution in [2.75, 3.05) is 26.4 Å². The Kier molecular flexibility index (Phi) is 21.2. The highest BCUT2D eigenvalue weighted by atomic mass is 19.4. The molecule has 5 nitrogen and oxygen atoms in total. The van der Waals surface area contributed by atoms with Gasteiger partial charge < -0.3 is 14.2 Å². The van der Waals surface area contributed by atoms with Gasteiger partial charge in [-0.05, 0) is 44.9 Å². The Morgan fingerprint density at radius 2 is 1.18 bits per heavy atom. The molecule has 0 aromatic rings. The number of hydrogen-bond acceptors (Lipinski definition) is 5. The third kappa shape index (κ3) is 23.4. The Balaban J connectivity index is 3.32. The van der Waals surface area contributed by atoms with E-state index < -0.39 is 12.1 Å². The van der Waals surface area contributed by atoms with Crippen molar-refractivity contribution < 1.29 is 37.0 Å². The van der Waals surface area contributed by atoms with Gasteiger partial charge in [0.05, 0.1) is 13.2 Å². The van der Waals surface area contributed by atoms with Crippen molar-refractivity contribution in [3.05, 3.63) is 12.2 Å². The van der Waals surface area contributed by atoms with Crippen LogP contribution in [0.15, 0.2) is 12.2 Å². The Morgan fingerprint density at radius 3 is 1.79 bits per heavy atom. The van der Waals surface area contributed by atoms with Crippen LogP contribution < -0.4 is 0 Å². The van der Waals surface area contributed by atoms with Crippen molar-refractivity contribution >= 4 is 11.9 Å². The van der Waals surface area contributed by atoms with E-state index in [0.29, 0.717) is 51.9 Å². The van der Waals surface area contributed by atoms with Crippen LogP contribution in [0.1, 0.15) is 103 Å². The molecule has 33 heavy (non-hydrogen) atoms. The number of carbonyl (C=O) groups excluding carboxylic acids is 2. The molecule has 0 bridgehead atoms. The molecule has 0 aromatic heterocycles. The highest BCUT2D eigenvalue weighted by Gasteiger charge is 2.40. The highest BCUT2D eigenvalue weighted by molar-refractivity contribution is 5.75. The minimum atomic E-state index is -4.94. The molecule has 0 atom stereocenters. The average Bonchev–Trinajstić information content (AvgIpc) is 2.77. The summed E-state index contributed by atoms with van der Waals surface area (Å²) < 4.78 is 50.4. The maximum atomic E-state index is 11.9. The van der Waals surface area contributed by atoms with Crippen LogP contribution in [0, 0.1) is 0 Å². The maximum absolute atomic E-state index is 11.9. The first-order valence-electron chi connectivity index (χ1n) is 12.5. The lowest BCUT2D eigenvalue weighted by atomic mass is 10.1. The zero-order valence-electron chi connectivity index (χ0n) is 20.3. The molecule has 0 saturated carbocycles. The second kappa shape index (κ2) is 22.2. The molecule has 0 N–H and O–H groups in total. The molecule has 0 aromatic carbocycles. The third-order valence-electron chi connectivity index (χ3n) is 5.00. The summed E-state index contributed by atoms with van der Waals surface area (Å²) in [6.45, 7) is 3.19. The number of ether oxygens (including phenoxy) is 3. The lowest BCUT2D eigenvalue weighted by Crippen LogP contribution is -2.25. The SMILES string of the molecule is CCCCCCCCCC/C=C/CCC(=O)OCCCCOCCCCOC(=O)C(F)(F)F. The number of esters is 2. The second-order valence-corrected chi connectivity index (χ2v) is 8.15. The van der Waals surface area contributed by atoms with Gasteiger partial charge in [-0.25, -0.2) is 4.79 Å². The van der Waals surface area contributed by atoms with Crippen LogP contribution >= 0.6 is 0 Å². The van der Waals surface area contributed by atoms with Crippen LogP contribution in [0.25, 0.3) is 0 Å². The van der Waals surface area contributed by atoms with Crippen LogP contribution in [0.4, 0.5) is 13.2 Å². The average molecular weight is 481 g/mol. The molecule has 0 fully saturated rings. The van der Waals surface area contributed by atoms with Gasteiger partial charge in [0.25, 0.3) is 0 Å².